The molecule has 0 saturated heterocycles. The lowest BCUT2D eigenvalue weighted by molar-refractivity contribution is -0.139. The fourth-order valence-corrected chi connectivity index (χ4v) is 5.63. The van der Waals surface area contributed by atoms with Crippen LogP contribution in [0, 0.1) is 5.92 Å². The number of sulfonamides is 1. The number of anilines is 1. The molecule has 3 rings (SSSR count). The maximum atomic E-state index is 14.0. The van der Waals surface area contributed by atoms with Crippen LogP contribution in [0.5, 0.6) is 5.75 Å². The van der Waals surface area contributed by atoms with E-state index in [4.69, 9.17) is 27.9 Å². The van der Waals surface area contributed by atoms with Crippen molar-refractivity contribution in [1.82, 2.24) is 10.2 Å². The van der Waals surface area contributed by atoms with Gasteiger partial charge in [0.1, 0.15) is 18.3 Å². The molecule has 11 heteroatoms. The number of carbonyl (C=O) groups is 2. The van der Waals surface area contributed by atoms with Gasteiger partial charge in [0.25, 0.3) is 10.0 Å². The number of carbonyl (C=O) groups excluding carboxylic acids is 2. The predicted molar refractivity (Wildman–Crippen MR) is 163 cm³/mol. The van der Waals surface area contributed by atoms with Crippen LogP contribution in [0.4, 0.5) is 5.69 Å². The van der Waals surface area contributed by atoms with Gasteiger partial charge < -0.3 is 15.0 Å². The van der Waals surface area contributed by atoms with E-state index in [1.165, 1.54) is 29.2 Å². The minimum Gasteiger partial charge on any atom is -0.494 e. The summed E-state index contributed by atoms with van der Waals surface area (Å²) in [6, 6.07) is 18.2. The first-order valence-electron chi connectivity index (χ1n) is 13.2. The molecule has 3 aromatic carbocycles. The smallest absolute Gasteiger partial charge is 0.264 e. The predicted octanol–water partition coefficient (Wildman–Crippen LogP) is 5.78. The number of ether oxygens (including phenoxy) is 1. The average molecular weight is 621 g/mol. The number of hydrogen-bond acceptors (Lipinski definition) is 5. The van der Waals surface area contributed by atoms with Crippen molar-refractivity contribution in [2.45, 2.75) is 45.2 Å². The lowest BCUT2D eigenvalue weighted by Crippen LogP contribution is -2.51. The van der Waals surface area contributed by atoms with Crippen LogP contribution >= 0.6 is 23.2 Å². The fraction of sp³-hybridized carbons (Fsp3) is 0.333. The lowest BCUT2D eigenvalue weighted by atomic mass is 10.1. The zero-order valence-electron chi connectivity index (χ0n) is 23.5. The van der Waals surface area contributed by atoms with Gasteiger partial charge in [-0.2, -0.15) is 0 Å². The van der Waals surface area contributed by atoms with Crippen LogP contribution in [0.25, 0.3) is 0 Å². The summed E-state index contributed by atoms with van der Waals surface area (Å²) < 4.78 is 34.3. The van der Waals surface area contributed by atoms with Crippen molar-refractivity contribution in [2.24, 2.45) is 5.92 Å². The van der Waals surface area contributed by atoms with E-state index < -0.39 is 28.5 Å². The Morgan fingerprint density at radius 3 is 1.98 bits per heavy atom. The van der Waals surface area contributed by atoms with Crippen LogP contribution < -0.4 is 14.4 Å². The first-order valence-corrected chi connectivity index (χ1v) is 15.4. The third-order valence-corrected chi connectivity index (χ3v) is 8.53. The highest BCUT2D eigenvalue weighted by molar-refractivity contribution is 7.92. The molecule has 0 fully saturated rings. The molecule has 2 amide bonds. The normalized spacial score (nSPS) is 12.1. The lowest BCUT2D eigenvalue weighted by Gasteiger charge is -2.32. The molecule has 1 unspecified atom stereocenters. The molecule has 220 valence electrons. The van der Waals surface area contributed by atoms with Gasteiger partial charge in [0, 0.05) is 23.1 Å². The van der Waals surface area contributed by atoms with Crippen molar-refractivity contribution < 1.29 is 22.7 Å². The number of benzene rings is 3. The molecule has 0 aromatic heterocycles. The molecule has 0 radical (unpaired) electrons. The topological polar surface area (TPSA) is 96.0 Å². The Morgan fingerprint density at radius 2 is 1.44 bits per heavy atom. The van der Waals surface area contributed by atoms with E-state index in [-0.39, 0.29) is 29.0 Å². The van der Waals surface area contributed by atoms with E-state index in [0.717, 1.165) is 9.87 Å². The molecule has 0 saturated carbocycles. The van der Waals surface area contributed by atoms with Crippen molar-refractivity contribution in [3.8, 4) is 5.75 Å². The van der Waals surface area contributed by atoms with E-state index in [0.29, 0.717) is 28.9 Å². The Labute approximate surface area is 252 Å². The Hall–Kier alpha value is -3.27. The van der Waals surface area contributed by atoms with Crippen LogP contribution in [0.15, 0.2) is 77.7 Å². The molecule has 0 aliphatic heterocycles. The Balaban J connectivity index is 2.01. The third-order valence-electron chi connectivity index (χ3n) is 6.23. The van der Waals surface area contributed by atoms with Crippen LogP contribution in [0.1, 0.15) is 33.3 Å². The van der Waals surface area contributed by atoms with Crippen molar-refractivity contribution >= 4 is 50.7 Å². The molecule has 0 aliphatic carbocycles. The summed E-state index contributed by atoms with van der Waals surface area (Å²) in [5.74, 6) is -0.120. The van der Waals surface area contributed by atoms with Gasteiger partial charge in [0.05, 0.1) is 17.2 Å². The van der Waals surface area contributed by atoms with Crippen LogP contribution in [0.2, 0.25) is 10.0 Å². The summed E-state index contributed by atoms with van der Waals surface area (Å²) >= 11 is 12.0. The minimum atomic E-state index is -4.20. The fourth-order valence-electron chi connectivity index (χ4n) is 3.96. The van der Waals surface area contributed by atoms with Gasteiger partial charge in [0.15, 0.2) is 0 Å². The largest absolute Gasteiger partial charge is 0.494 e. The quantitative estimate of drug-likeness (QED) is 0.262. The van der Waals surface area contributed by atoms with Gasteiger partial charge in [0.2, 0.25) is 11.8 Å². The first-order chi connectivity index (χ1) is 19.4. The Bertz CT molecular complexity index is 1410. The minimum absolute atomic E-state index is 0.0319. The van der Waals surface area contributed by atoms with Gasteiger partial charge >= 0.3 is 0 Å². The highest BCUT2D eigenvalue weighted by Gasteiger charge is 2.32. The molecule has 0 spiro atoms. The number of amides is 2. The zero-order chi connectivity index (χ0) is 30.2. The number of nitrogens with one attached hydrogen (secondary N) is 1. The maximum Gasteiger partial charge on any atom is 0.264 e. The van der Waals surface area contributed by atoms with Gasteiger partial charge in [-0.3, -0.25) is 13.9 Å². The van der Waals surface area contributed by atoms with Crippen LogP contribution in [-0.4, -0.2) is 50.9 Å². The summed E-state index contributed by atoms with van der Waals surface area (Å²) in [5.41, 5.74) is 1.000. The van der Waals surface area contributed by atoms with Crippen molar-refractivity contribution in [1.29, 1.82) is 0 Å². The van der Waals surface area contributed by atoms with E-state index in [1.807, 2.05) is 20.8 Å². The Kier molecular flexibility index (Phi) is 11.5. The maximum absolute atomic E-state index is 14.0. The average Bonchev–Trinajstić information content (AvgIpc) is 2.94. The molecule has 0 aliphatic rings. The van der Waals surface area contributed by atoms with E-state index in [1.54, 1.807) is 55.5 Å². The monoisotopic (exact) mass is 619 g/mol. The summed E-state index contributed by atoms with van der Waals surface area (Å²) in [6.07, 6.45) is 0. The van der Waals surface area contributed by atoms with Gasteiger partial charge in [-0.25, -0.2) is 8.42 Å². The molecule has 8 nitrogen and oxygen atoms in total. The van der Waals surface area contributed by atoms with Crippen LogP contribution in [0.3, 0.4) is 0 Å². The highest BCUT2D eigenvalue weighted by Crippen LogP contribution is 2.27. The van der Waals surface area contributed by atoms with Gasteiger partial charge in [-0.05, 0) is 86.0 Å². The second kappa shape index (κ2) is 14.6. The molecule has 1 N–H and O–H groups in total. The zero-order valence-corrected chi connectivity index (χ0v) is 25.8. The number of rotatable bonds is 13. The molecule has 41 heavy (non-hydrogen) atoms. The third kappa shape index (κ3) is 8.86. The molecule has 3 aromatic rings. The Morgan fingerprint density at radius 1 is 0.878 bits per heavy atom. The van der Waals surface area contributed by atoms with Gasteiger partial charge in [-0.1, -0.05) is 49.2 Å². The number of hydrogen-bond donors (Lipinski definition) is 1. The van der Waals surface area contributed by atoms with Crippen molar-refractivity contribution in [3.63, 3.8) is 0 Å². The van der Waals surface area contributed by atoms with Crippen molar-refractivity contribution in [2.75, 3.05) is 24.0 Å². The van der Waals surface area contributed by atoms with Crippen molar-refractivity contribution in [3.05, 3.63) is 88.4 Å². The molecule has 0 heterocycles. The second-order valence-corrected chi connectivity index (χ2v) is 12.6. The number of nitrogens with zero attached hydrogens (tertiary/aromatic N) is 2. The highest BCUT2D eigenvalue weighted by atomic mass is 35.5. The standard InChI is InChI=1S/C30H35Cl2N3O5S/c1-5-40-27-14-12-26(13-15-27)35(41(38,39)28-16-10-25(32)11-17-28)20-29(36)34(19-23-6-8-24(31)9-7-23)22(4)30(37)33-18-21(2)3/h6-17,21-22H,5,18-20H2,1-4H3,(H,33,37). The number of halogens is 2. The summed E-state index contributed by atoms with van der Waals surface area (Å²) in [6.45, 7) is 7.82. The molecular weight excluding hydrogens is 585 g/mol. The summed E-state index contributed by atoms with van der Waals surface area (Å²) in [4.78, 5) is 28.4. The van der Waals surface area contributed by atoms with Crippen LogP contribution in [-0.2, 0) is 26.2 Å². The second-order valence-electron chi connectivity index (χ2n) is 9.86. The molecule has 0 bridgehead atoms. The first kappa shape index (κ1) is 32.2. The van der Waals surface area contributed by atoms with E-state index in [2.05, 4.69) is 5.32 Å². The summed E-state index contributed by atoms with van der Waals surface area (Å²) in [5, 5.41) is 3.77. The van der Waals surface area contributed by atoms with E-state index >= 15 is 0 Å². The van der Waals surface area contributed by atoms with E-state index in [9.17, 15) is 18.0 Å². The van der Waals surface area contributed by atoms with Gasteiger partial charge in [-0.15, -0.1) is 0 Å². The SMILES string of the molecule is CCOc1ccc(N(CC(=O)N(Cc2ccc(Cl)cc2)C(C)C(=O)NCC(C)C)S(=O)(=O)c2ccc(Cl)cc2)cc1. The molecule has 1 atom stereocenters. The summed E-state index contributed by atoms with van der Waals surface area (Å²) in [7, 11) is -4.20. The molecular formula is C30H35Cl2N3O5S.